The molecule has 0 spiro atoms. The summed E-state index contributed by atoms with van der Waals surface area (Å²) in [6.07, 6.45) is -1.57. The molecule has 0 heterocycles. The van der Waals surface area contributed by atoms with E-state index in [2.05, 4.69) is 28.6 Å². The fourth-order valence-corrected chi connectivity index (χ4v) is 3.63. The number of nitrogens with two attached hydrogens (primary N) is 2. The fourth-order valence-electron chi connectivity index (χ4n) is 2.94. The smallest absolute Gasteiger partial charge is 0.408 e. The largest absolute Gasteiger partial charge is 0.444 e. The third-order valence-electron chi connectivity index (χ3n) is 4.70. The van der Waals surface area contributed by atoms with E-state index in [1.807, 2.05) is 0 Å². The lowest BCUT2D eigenvalue weighted by Crippen LogP contribution is -2.63. The van der Waals surface area contributed by atoms with Gasteiger partial charge in [0, 0.05) is 12.7 Å². The summed E-state index contributed by atoms with van der Waals surface area (Å²) >= 11 is 10.6. The number of aliphatic hydroxyl groups is 1. The second-order valence-electron chi connectivity index (χ2n) is 9.10. The molecule has 0 aliphatic carbocycles. The van der Waals surface area contributed by atoms with Crippen molar-refractivity contribution in [1.29, 1.82) is 0 Å². The summed E-state index contributed by atoms with van der Waals surface area (Å²) in [4.78, 5) is 63.3. The van der Waals surface area contributed by atoms with E-state index in [9.17, 15) is 29.1 Å². The third kappa shape index (κ3) is 12.1. The van der Waals surface area contributed by atoms with Gasteiger partial charge in [0.2, 0.25) is 23.6 Å². The molecule has 0 aromatic rings. The highest BCUT2D eigenvalue weighted by molar-refractivity contribution is 7.80. The maximum atomic E-state index is 13.7. The number of alkyl carbamates (subject to hydrolysis) is 1. The van der Waals surface area contributed by atoms with Crippen molar-refractivity contribution in [3.8, 4) is 0 Å². The van der Waals surface area contributed by atoms with Gasteiger partial charge in [0.05, 0.1) is 18.1 Å². The monoisotopic (exact) mass is 554 g/mol. The number of thiol groups is 1. The van der Waals surface area contributed by atoms with Crippen LogP contribution in [0.4, 0.5) is 4.79 Å². The summed E-state index contributed by atoms with van der Waals surface area (Å²) in [6.45, 7) is 7.20. The summed E-state index contributed by atoms with van der Waals surface area (Å²) in [7, 11) is 0. The number of amides is 5. The zero-order valence-corrected chi connectivity index (χ0v) is 22.9. The highest BCUT2D eigenvalue weighted by Crippen LogP contribution is 2.17. The van der Waals surface area contributed by atoms with Crippen LogP contribution in [0, 0.1) is 0 Å². The molecule has 0 aromatic carbocycles. The Morgan fingerprint density at radius 1 is 1.14 bits per heavy atom. The Bertz CT molecular complexity index is 780. The molecule has 36 heavy (non-hydrogen) atoms. The molecule has 8 N–H and O–H groups in total. The lowest BCUT2D eigenvalue weighted by Gasteiger charge is -2.35. The van der Waals surface area contributed by atoms with Crippen molar-refractivity contribution in [2.24, 2.45) is 11.5 Å². The molecule has 15 heteroatoms. The molecule has 0 fully saturated rings. The molecule has 0 aromatic heterocycles. The number of carbonyl (C=O) groups excluding carboxylic acids is 5. The van der Waals surface area contributed by atoms with Crippen molar-refractivity contribution in [1.82, 2.24) is 20.9 Å². The number of hydrogen-bond donors (Lipinski definition) is 7. The molecule has 13 nitrogen and oxygen atoms in total. The number of halogens is 1. The number of hydrogen-bond acceptors (Lipinski definition) is 9. The number of alkyl halides is 1. The second-order valence-corrected chi connectivity index (χ2v) is 10.0. The predicted molar refractivity (Wildman–Crippen MR) is 137 cm³/mol. The number of ether oxygens (including phenoxy) is 1. The van der Waals surface area contributed by atoms with Crippen LogP contribution in [0.25, 0.3) is 0 Å². The van der Waals surface area contributed by atoms with Crippen LogP contribution in [0.5, 0.6) is 0 Å². The molecule has 208 valence electrons. The third-order valence-corrected chi connectivity index (χ3v) is 5.52. The molecular weight excluding hydrogens is 516 g/mol. The fraction of sp³-hybridized carbons (Fsp3) is 0.762. The average Bonchev–Trinajstić information content (AvgIpc) is 2.74. The Hall–Kier alpha value is -2.29. The molecule has 0 aliphatic heterocycles. The Balaban J connectivity index is 6.21. The number of aliphatic hydroxyl groups excluding tert-OH is 1. The van der Waals surface area contributed by atoms with Gasteiger partial charge in [0.25, 0.3) is 0 Å². The minimum atomic E-state index is -1.45. The van der Waals surface area contributed by atoms with Gasteiger partial charge in [-0.05, 0) is 47.1 Å². The Labute approximate surface area is 221 Å². The van der Waals surface area contributed by atoms with Crippen molar-refractivity contribution in [2.45, 2.75) is 82.7 Å². The molecule has 0 bridgehead atoms. The summed E-state index contributed by atoms with van der Waals surface area (Å²) in [5, 5.41) is 16.0. The first kappa shape index (κ1) is 33.7. The first-order valence-electron chi connectivity index (χ1n) is 11.3. The first-order valence-corrected chi connectivity index (χ1v) is 12.4. The van der Waals surface area contributed by atoms with Crippen molar-refractivity contribution < 1.29 is 33.8 Å². The van der Waals surface area contributed by atoms with Gasteiger partial charge in [-0.15, -0.1) is 11.6 Å². The van der Waals surface area contributed by atoms with E-state index in [1.165, 1.54) is 13.8 Å². The first-order chi connectivity index (χ1) is 16.5. The van der Waals surface area contributed by atoms with Crippen LogP contribution in [0.15, 0.2) is 0 Å². The Morgan fingerprint density at radius 3 is 2.14 bits per heavy atom. The van der Waals surface area contributed by atoms with Crippen LogP contribution in [-0.2, 0) is 23.9 Å². The van der Waals surface area contributed by atoms with E-state index in [0.29, 0.717) is 6.42 Å². The van der Waals surface area contributed by atoms with Gasteiger partial charge in [-0.3, -0.25) is 19.2 Å². The normalized spacial score (nSPS) is 15.5. The SMILES string of the molecule is CC(=O)NCN(C(=O)[C@@H](NC(=O)OC(C)(C)C)C(Cl)CCCN)[C@@H](CS)C(=O)N[C@H](C(N)=O)[C@@H](C)O. The number of primary amides is 1. The van der Waals surface area contributed by atoms with Crippen LogP contribution in [-0.4, -0.2) is 93.9 Å². The van der Waals surface area contributed by atoms with E-state index in [0.717, 1.165) is 4.90 Å². The lowest BCUT2D eigenvalue weighted by atomic mass is 10.1. The van der Waals surface area contributed by atoms with Crippen LogP contribution < -0.4 is 27.4 Å². The lowest BCUT2D eigenvalue weighted by molar-refractivity contribution is -0.143. The number of nitrogens with zero attached hydrogens (tertiary/aromatic N) is 1. The van der Waals surface area contributed by atoms with E-state index in [4.69, 9.17) is 27.8 Å². The molecule has 0 saturated heterocycles. The van der Waals surface area contributed by atoms with Gasteiger partial charge < -0.3 is 42.2 Å². The van der Waals surface area contributed by atoms with Crippen LogP contribution in [0.1, 0.15) is 47.5 Å². The number of nitrogens with one attached hydrogen (secondary N) is 3. The summed E-state index contributed by atoms with van der Waals surface area (Å²) in [5.74, 6) is -3.46. The highest BCUT2D eigenvalue weighted by atomic mass is 35.5. The van der Waals surface area contributed by atoms with E-state index in [-0.39, 0.29) is 18.7 Å². The predicted octanol–water partition coefficient (Wildman–Crippen LogP) is -1.20. The molecule has 0 aliphatic rings. The molecular formula is C21H39ClN6O7S. The van der Waals surface area contributed by atoms with Crippen LogP contribution in [0.2, 0.25) is 0 Å². The minimum Gasteiger partial charge on any atom is -0.444 e. The van der Waals surface area contributed by atoms with Gasteiger partial charge >= 0.3 is 6.09 Å². The van der Waals surface area contributed by atoms with E-state index >= 15 is 0 Å². The van der Waals surface area contributed by atoms with Crippen molar-refractivity contribution >= 4 is 54.0 Å². The van der Waals surface area contributed by atoms with E-state index < -0.39 is 71.6 Å². The number of rotatable bonds is 14. The topological polar surface area (TPSA) is 206 Å². The van der Waals surface area contributed by atoms with Gasteiger partial charge in [0.1, 0.15) is 23.7 Å². The molecule has 5 atom stereocenters. The van der Waals surface area contributed by atoms with Gasteiger partial charge in [-0.25, -0.2) is 4.79 Å². The zero-order chi connectivity index (χ0) is 28.2. The number of carbonyl (C=O) groups is 5. The second kappa shape index (κ2) is 15.7. The maximum Gasteiger partial charge on any atom is 0.408 e. The van der Waals surface area contributed by atoms with Gasteiger partial charge in [-0.2, -0.15) is 12.6 Å². The minimum absolute atomic E-state index is 0.238. The molecule has 0 radical (unpaired) electrons. The Morgan fingerprint density at radius 2 is 1.72 bits per heavy atom. The standard InChI is InChI=1S/C21H39ClN6O7S/c1-11(29)15(17(24)31)26-18(32)14(9-36)28(10-25-12(2)30)19(33)16(13(22)7-6-8-23)27-20(34)35-21(3,4)5/h11,13-16,29,36H,6-10,23H2,1-5H3,(H2,24,31)(H,25,30)(H,26,32)(H,27,34)/t11-,13?,14+,15+,16+/m1/s1. The van der Waals surface area contributed by atoms with Crippen molar-refractivity contribution in [3.63, 3.8) is 0 Å². The van der Waals surface area contributed by atoms with Crippen LogP contribution >= 0.6 is 24.2 Å². The van der Waals surface area contributed by atoms with Gasteiger partial charge in [0.15, 0.2) is 0 Å². The van der Waals surface area contributed by atoms with E-state index in [1.54, 1.807) is 20.8 Å². The highest BCUT2D eigenvalue weighted by Gasteiger charge is 2.39. The van der Waals surface area contributed by atoms with Gasteiger partial charge in [-0.1, -0.05) is 0 Å². The summed E-state index contributed by atoms with van der Waals surface area (Å²) in [5.41, 5.74) is 9.92. The summed E-state index contributed by atoms with van der Waals surface area (Å²) < 4.78 is 5.24. The summed E-state index contributed by atoms with van der Waals surface area (Å²) in [6, 6.07) is -4.17. The quantitative estimate of drug-likeness (QED) is 0.0786. The molecule has 5 amide bonds. The van der Waals surface area contributed by atoms with Crippen LogP contribution in [0.3, 0.4) is 0 Å². The molecule has 0 saturated carbocycles. The molecule has 1 unspecified atom stereocenters. The zero-order valence-electron chi connectivity index (χ0n) is 21.2. The maximum absolute atomic E-state index is 13.7. The average molecular weight is 555 g/mol. The molecule has 0 rings (SSSR count). The Kier molecular flexibility index (Phi) is 14.7. The van der Waals surface area contributed by atoms with Crippen molar-refractivity contribution in [3.05, 3.63) is 0 Å². The van der Waals surface area contributed by atoms with Crippen molar-refractivity contribution in [2.75, 3.05) is 19.0 Å².